The lowest BCUT2D eigenvalue weighted by molar-refractivity contribution is -0.118. The highest BCUT2D eigenvalue weighted by Gasteiger charge is 2.06. The molecule has 0 aliphatic rings. The number of carbonyl (C=O) groups excluding carboxylic acids is 1. The minimum Gasteiger partial charge on any atom is -0.484 e. The third-order valence-corrected chi connectivity index (χ3v) is 4.33. The highest BCUT2D eigenvalue weighted by Crippen LogP contribution is 2.25. The van der Waals surface area contributed by atoms with E-state index in [1.165, 1.54) is 0 Å². The van der Waals surface area contributed by atoms with Gasteiger partial charge in [0.15, 0.2) is 6.61 Å². The van der Waals surface area contributed by atoms with Gasteiger partial charge in [0.05, 0.1) is 10.0 Å². The maximum Gasteiger partial charge on any atom is 0.262 e. The molecule has 0 fully saturated rings. The molecule has 0 heterocycles. The van der Waals surface area contributed by atoms with E-state index in [1.807, 2.05) is 19.1 Å². The van der Waals surface area contributed by atoms with Crippen LogP contribution < -0.4 is 10.1 Å². The Hall–Kier alpha value is -1.23. The van der Waals surface area contributed by atoms with Crippen LogP contribution >= 0.6 is 39.1 Å². The van der Waals surface area contributed by atoms with Gasteiger partial charge in [-0.15, -0.1) is 0 Å². The van der Waals surface area contributed by atoms with Crippen molar-refractivity contribution in [2.75, 3.05) is 11.9 Å². The lowest BCUT2D eigenvalue weighted by Crippen LogP contribution is -2.20. The molecule has 0 saturated heterocycles. The minimum absolute atomic E-state index is 0.0820. The van der Waals surface area contributed by atoms with Crippen molar-refractivity contribution >= 4 is 50.7 Å². The van der Waals surface area contributed by atoms with Gasteiger partial charge in [-0.1, -0.05) is 39.1 Å². The fourth-order valence-corrected chi connectivity index (χ4v) is 2.17. The van der Waals surface area contributed by atoms with Crippen molar-refractivity contribution in [3.63, 3.8) is 0 Å². The number of halogens is 3. The van der Waals surface area contributed by atoms with Crippen LogP contribution in [-0.4, -0.2) is 12.5 Å². The Labute approximate surface area is 141 Å². The summed E-state index contributed by atoms with van der Waals surface area (Å²) < 4.78 is 6.43. The van der Waals surface area contributed by atoms with Gasteiger partial charge < -0.3 is 10.1 Å². The quantitative estimate of drug-likeness (QED) is 0.792. The van der Waals surface area contributed by atoms with E-state index in [1.54, 1.807) is 24.3 Å². The molecule has 1 N–H and O–H groups in total. The molecule has 2 rings (SSSR count). The largest absolute Gasteiger partial charge is 0.484 e. The summed E-state index contributed by atoms with van der Waals surface area (Å²) in [6.07, 6.45) is 0. The molecule has 2 aromatic carbocycles. The molecule has 1 amide bonds. The zero-order chi connectivity index (χ0) is 15.4. The van der Waals surface area contributed by atoms with Gasteiger partial charge in [-0.05, 0) is 48.9 Å². The van der Waals surface area contributed by atoms with Gasteiger partial charge in [-0.25, -0.2) is 0 Å². The average Bonchev–Trinajstić information content (AvgIpc) is 2.44. The lowest BCUT2D eigenvalue weighted by atomic mass is 10.2. The number of aryl methyl sites for hydroxylation is 1. The first kappa shape index (κ1) is 16.1. The highest BCUT2D eigenvalue weighted by atomic mass is 79.9. The number of nitrogens with one attached hydrogen (secondary N) is 1. The van der Waals surface area contributed by atoms with Crippen molar-refractivity contribution in [1.82, 2.24) is 0 Å². The summed E-state index contributed by atoms with van der Waals surface area (Å²) in [5.41, 5.74) is 1.61. The lowest BCUT2D eigenvalue weighted by Gasteiger charge is -2.09. The Morgan fingerprint density at radius 3 is 2.62 bits per heavy atom. The van der Waals surface area contributed by atoms with E-state index in [0.717, 1.165) is 10.0 Å². The molecule has 0 radical (unpaired) electrons. The van der Waals surface area contributed by atoms with Crippen molar-refractivity contribution in [1.29, 1.82) is 0 Å². The van der Waals surface area contributed by atoms with Crippen LogP contribution in [0.2, 0.25) is 10.0 Å². The molecule has 0 atom stereocenters. The molecule has 110 valence electrons. The van der Waals surface area contributed by atoms with Crippen molar-refractivity contribution in [2.45, 2.75) is 6.92 Å². The SMILES string of the molecule is Cc1cc(OCC(=O)Nc2ccc(Cl)c(Cl)c2)ccc1Br. The van der Waals surface area contributed by atoms with Gasteiger partial charge in [0, 0.05) is 10.2 Å². The van der Waals surface area contributed by atoms with Gasteiger partial charge in [0.25, 0.3) is 5.91 Å². The summed E-state index contributed by atoms with van der Waals surface area (Å²) in [6, 6.07) is 10.4. The number of hydrogen-bond acceptors (Lipinski definition) is 2. The second-order valence-electron chi connectivity index (χ2n) is 4.38. The van der Waals surface area contributed by atoms with Gasteiger partial charge in [-0.2, -0.15) is 0 Å². The summed E-state index contributed by atoms with van der Waals surface area (Å²) in [4.78, 5) is 11.8. The van der Waals surface area contributed by atoms with Crippen molar-refractivity contribution in [3.05, 3.63) is 56.5 Å². The number of benzene rings is 2. The second kappa shape index (κ2) is 7.16. The molecule has 21 heavy (non-hydrogen) atoms. The monoisotopic (exact) mass is 387 g/mol. The van der Waals surface area contributed by atoms with Crippen LogP contribution in [0.4, 0.5) is 5.69 Å². The first-order chi connectivity index (χ1) is 9.95. The van der Waals surface area contributed by atoms with Crippen molar-refractivity contribution < 1.29 is 9.53 Å². The van der Waals surface area contributed by atoms with Crippen molar-refractivity contribution in [3.8, 4) is 5.75 Å². The Morgan fingerprint density at radius 1 is 1.19 bits per heavy atom. The third-order valence-electron chi connectivity index (χ3n) is 2.70. The minimum atomic E-state index is -0.269. The number of hydrogen-bond donors (Lipinski definition) is 1. The maximum atomic E-state index is 11.8. The average molecular weight is 389 g/mol. The molecule has 6 heteroatoms. The van der Waals surface area contributed by atoms with Crippen LogP contribution in [0.15, 0.2) is 40.9 Å². The smallest absolute Gasteiger partial charge is 0.262 e. The summed E-state index contributed by atoms with van der Waals surface area (Å²) in [6.45, 7) is 1.87. The summed E-state index contributed by atoms with van der Waals surface area (Å²) >= 11 is 15.1. The van der Waals surface area contributed by atoms with Gasteiger partial charge >= 0.3 is 0 Å². The molecule has 3 nitrogen and oxygen atoms in total. The number of anilines is 1. The summed E-state index contributed by atoms with van der Waals surface area (Å²) in [5.74, 6) is 0.369. The Bertz CT molecular complexity index is 677. The van der Waals surface area contributed by atoms with E-state index in [4.69, 9.17) is 27.9 Å². The molecule has 0 unspecified atom stereocenters. The van der Waals surface area contributed by atoms with Crippen molar-refractivity contribution in [2.24, 2.45) is 0 Å². The van der Waals surface area contributed by atoms with E-state index in [-0.39, 0.29) is 12.5 Å². The first-order valence-corrected chi connectivity index (χ1v) is 7.64. The molecule has 0 aliphatic heterocycles. The highest BCUT2D eigenvalue weighted by molar-refractivity contribution is 9.10. The van der Waals surface area contributed by atoms with Gasteiger partial charge in [0.2, 0.25) is 0 Å². The first-order valence-electron chi connectivity index (χ1n) is 6.09. The molecule has 0 saturated carbocycles. The van der Waals surface area contributed by atoms with E-state index in [2.05, 4.69) is 21.2 Å². The fraction of sp³-hybridized carbons (Fsp3) is 0.133. The molecule has 0 aliphatic carbocycles. The van der Waals surface area contributed by atoms with Crippen LogP contribution in [0.3, 0.4) is 0 Å². The number of carbonyl (C=O) groups is 1. The van der Waals surface area contributed by atoms with Crippen LogP contribution in [0.5, 0.6) is 5.75 Å². The summed E-state index contributed by atoms with van der Waals surface area (Å²) in [7, 11) is 0. The predicted octanol–water partition coefficient (Wildman–Crippen LogP) is 5.08. The summed E-state index contributed by atoms with van der Waals surface area (Å²) in [5, 5.41) is 3.52. The Balaban J connectivity index is 1.92. The van der Waals surface area contributed by atoms with Gasteiger partial charge in [0.1, 0.15) is 5.75 Å². The number of ether oxygens (including phenoxy) is 1. The second-order valence-corrected chi connectivity index (χ2v) is 6.05. The third kappa shape index (κ3) is 4.63. The van der Waals surface area contributed by atoms with E-state index in [9.17, 15) is 4.79 Å². The zero-order valence-corrected chi connectivity index (χ0v) is 14.2. The maximum absolute atomic E-state index is 11.8. The normalized spacial score (nSPS) is 10.3. The fourth-order valence-electron chi connectivity index (χ4n) is 1.63. The Morgan fingerprint density at radius 2 is 1.95 bits per heavy atom. The molecule has 2 aromatic rings. The van der Waals surface area contributed by atoms with Gasteiger partial charge in [-0.3, -0.25) is 4.79 Å². The molecular weight excluding hydrogens is 377 g/mol. The Kier molecular flexibility index (Phi) is 5.51. The molecule has 0 spiro atoms. The van der Waals surface area contributed by atoms with Crippen LogP contribution in [-0.2, 0) is 4.79 Å². The standard InChI is InChI=1S/C15H12BrCl2NO2/c1-9-6-11(3-4-12(9)16)21-8-15(20)19-10-2-5-13(17)14(18)7-10/h2-7H,8H2,1H3,(H,19,20). The van der Waals surface area contributed by atoms with E-state index >= 15 is 0 Å². The number of amides is 1. The van der Waals surface area contributed by atoms with E-state index < -0.39 is 0 Å². The van der Waals surface area contributed by atoms with Crippen LogP contribution in [0.25, 0.3) is 0 Å². The number of rotatable bonds is 4. The topological polar surface area (TPSA) is 38.3 Å². The van der Waals surface area contributed by atoms with E-state index in [0.29, 0.717) is 21.5 Å². The van der Waals surface area contributed by atoms with Crippen LogP contribution in [0, 0.1) is 6.92 Å². The van der Waals surface area contributed by atoms with Crippen LogP contribution in [0.1, 0.15) is 5.56 Å². The molecule has 0 aromatic heterocycles. The zero-order valence-electron chi connectivity index (χ0n) is 11.1. The molecule has 0 bridgehead atoms. The molecular formula is C15H12BrCl2NO2. The predicted molar refractivity (Wildman–Crippen MR) is 89.5 cm³/mol.